The van der Waals surface area contributed by atoms with Crippen LogP contribution in [-0.4, -0.2) is 30.8 Å². The number of anilines is 1. The highest BCUT2D eigenvalue weighted by Gasteiger charge is 2.29. The Kier molecular flexibility index (Phi) is 4.52. The summed E-state index contributed by atoms with van der Waals surface area (Å²) < 4.78 is 1.50. The van der Waals surface area contributed by atoms with Crippen LogP contribution in [-0.2, 0) is 5.54 Å². The molecule has 0 fully saturated rings. The van der Waals surface area contributed by atoms with Crippen LogP contribution in [0.4, 0.5) is 10.5 Å². The van der Waals surface area contributed by atoms with Gasteiger partial charge in [-0.1, -0.05) is 6.92 Å². The molecule has 0 aliphatic rings. The van der Waals surface area contributed by atoms with Crippen LogP contribution in [0, 0.1) is 0 Å². The van der Waals surface area contributed by atoms with E-state index in [9.17, 15) is 4.79 Å². The van der Waals surface area contributed by atoms with Crippen molar-refractivity contribution in [3.8, 4) is 5.82 Å². The van der Waals surface area contributed by atoms with Crippen molar-refractivity contribution >= 4 is 23.1 Å². The Morgan fingerprint density at radius 2 is 2.25 bits per heavy atom. The molecule has 0 unspecified atom stereocenters. The summed E-state index contributed by atoms with van der Waals surface area (Å²) in [4.78, 5) is 25.0. The molecule has 9 heteroatoms. The highest BCUT2D eigenvalue weighted by molar-refractivity contribution is 7.09. The van der Waals surface area contributed by atoms with E-state index in [0.717, 1.165) is 11.4 Å². The molecule has 0 bridgehead atoms. The lowest BCUT2D eigenvalue weighted by Crippen LogP contribution is -2.45. The maximum atomic E-state index is 12.5. The summed E-state index contributed by atoms with van der Waals surface area (Å²) in [5.41, 5.74) is 0.00605. The molecule has 2 amide bonds. The van der Waals surface area contributed by atoms with Gasteiger partial charge in [-0.25, -0.2) is 24.4 Å². The van der Waals surface area contributed by atoms with E-state index in [1.54, 1.807) is 24.5 Å². The number of carbonyl (C=O) groups is 1. The van der Waals surface area contributed by atoms with Gasteiger partial charge in [0, 0.05) is 17.8 Å². The third kappa shape index (κ3) is 3.25. The summed E-state index contributed by atoms with van der Waals surface area (Å²) in [6, 6.07) is 3.18. The maximum Gasteiger partial charge on any atom is 0.320 e. The summed E-state index contributed by atoms with van der Waals surface area (Å²) in [7, 11) is 0. The number of pyridine rings is 1. The molecule has 3 heterocycles. The molecule has 0 aromatic carbocycles. The molecular formula is C15H17N7OS. The highest BCUT2D eigenvalue weighted by atomic mass is 32.1. The number of aromatic nitrogens is 5. The van der Waals surface area contributed by atoms with Crippen LogP contribution >= 0.6 is 11.3 Å². The molecule has 3 rings (SSSR count). The molecule has 0 aliphatic carbocycles. The van der Waals surface area contributed by atoms with E-state index in [4.69, 9.17) is 0 Å². The smallest absolute Gasteiger partial charge is 0.320 e. The third-order valence-electron chi connectivity index (χ3n) is 3.67. The molecule has 0 saturated carbocycles. The first-order valence-electron chi connectivity index (χ1n) is 7.41. The van der Waals surface area contributed by atoms with Gasteiger partial charge >= 0.3 is 6.03 Å². The van der Waals surface area contributed by atoms with Crippen molar-refractivity contribution in [2.24, 2.45) is 0 Å². The summed E-state index contributed by atoms with van der Waals surface area (Å²) in [5, 5.41) is 12.6. The van der Waals surface area contributed by atoms with E-state index in [2.05, 4.69) is 30.7 Å². The van der Waals surface area contributed by atoms with Crippen molar-refractivity contribution in [1.29, 1.82) is 0 Å². The summed E-state index contributed by atoms with van der Waals surface area (Å²) >= 11 is 1.52. The number of rotatable bonds is 5. The molecule has 0 radical (unpaired) electrons. The second-order valence-electron chi connectivity index (χ2n) is 5.32. The molecular weight excluding hydrogens is 326 g/mol. The quantitative estimate of drug-likeness (QED) is 0.742. The normalized spacial score (nSPS) is 13.2. The lowest BCUT2D eigenvalue weighted by Gasteiger charge is -2.27. The molecule has 2 N–H and O–H groups in total. The van der Waals surface area contributed by atoms with E-state index in [1.807, 2.05) is 19.2 Å². The zero-order valence-electron chi connectivity index (χ0n) is 13.3. The van der Waals surface area contributed by atoms with Crippen LogP contribution in [0.2, 0.25) is 0 Å². The zero-order valence-corrected chi connectivity index (χ0v) is 14.1. The second kappa shape index (κ2) is 6.75. The molecule has 0 aliphatic heterocycles. The summed E-state index contributed by atoms with van der Waals surface area (Å²) in [6.45, 7) is 3.96. The van der Waals surface area contributed by atoms with Crippen molar-refractivity contribution in [1.82, 2.24) is 30.0 Å². The average molecular weight is 343 g/mol. The monoisotopic (exact) mass is 343 g/mol. The lowest BCUT2D eigenvalue weighted by atomic mass is 10.0. The topological polar surface area (TPSA) is 97.6 Å². The fourth-order valence-electron chi connectivity index (χ4n) is 2.19. The van der Waals surface area contributed by atoms with Gasteiger partial charge in [-0.15, -0.1) is 11.3 Å². The zero-order chi connectivity index (χ0) is 17.0. The van der Waals surface area contributed by atoms with Crippen molar-refractivity contribution in [3.05, 3.63) is 47.6 Å². The van der Waals surface area contributed by atoms with Crippen LogP contribution < -0.4 is 10.6 Å². The predicted octanol–water partition coefficient (Wildman–Crippen LogP) is 2.57. The van der Waals surface area contributed by atoms with Crippen molar-refractivity contribution in [3.63, 3.8) is 0 Å². The van der Waals surface area contributed by atoms with Gasteiger partial charge in [0.2, 0.25) is 0 Å². The SMILES string of the molecule is CC[C@@](C)(NC(=O)Nc1cccnc1-n1cncn1)c1nccs1. The fraction of sp³-hybridized carbons (Fsp3) is 0.267. The van der Waals surface area contributed by atoms with Gasteiger partial charge in [0.15, 0.2) is 5.82 Å². The van der Waals surface area contributed by atoms with E-state index in [0.29, 0.717) is 11.5 Å². The minimum atomic E-state index is -0.534. The van der Waals surface area contributed by atoms with Gasteiger partial charge < -0.3 is 10.6 Å². The number of carbonyl (C=O) groups excluding carboxylic acids is 1. The largest absolute Gasteiger partial charge is 0.326 e. The number of nitrogens with zero attached hydrogens (tertiary/aromatic N) is 5. The van der Waals surface area contributed by atoms with Crippen LogP contribution in [0.3, 0.4) is 0 Å². The number of nitrogens with one attached hydrogen (secondary N) is 2. The Hall–Kier alpha value is -2.81. The van der Waals surface area contributed by atoms with Crippen molar-refractivity contribution in [2.75, 3.05) is 5.32 Å². The summed E-state index contributed by atoms with van der Waals surface area (Å²) in [5.74, 6) is 0.498. The maximum absolute atomic E-state index is 12.5. The van der Waals surface area contributed by atoms with Gasteiger partial charge in [0.1, 0.15) is 17.7 Å². The van der Waals surface area contributed by atoms with Gasteiger partial charge in [-0.3, -0.25) is 0 Å². The molecule has 24 heavy (non-hydrogen) atoms. The number of urea groups is 1. The van der Waals surface area contributed by atoms with E-state index in [-0.39, 0.29) is 6.03 Å². The van der Waals surface area contributed by atoms with Gasteiger partial charge in [-0.2, -0.15) is 5.10 Å². The number of amides is 2. The fourth-order valence-corrected chi connectivity index (χ4v) is 3.02. The average Bonchev–Trinajstić information content (AvgIpc) is 3.29. The third-order valence-corrected chi connectivity index (χ3v) is 4.71. The van der Waals surface area contributed by atoms with Crippen LogP contribution in [0.25, 0.3) is 5.82 Å². The van der Waals surface area contributed by atoms with Crippen LogP contribution in [0.1, 0.15) is 25.3 Å². The number of thiazole rings is 1. The predicted molar refractivity (Wildman–Crippen MR) is 91.1 cm³/mol. The first kappa shape index (κ1) is 16.1. The molecule has 0 spiro atoms. The molecule has 124 valence electrons. The first-order chi connectivity index (χ1) is 11.6. The Bertz CT molecular complexity index is 803. The standard InChI is InChI=1S/C15H17N7OS/c1-3-15(2,13-18-7-8-24-13)21-14(23)20-11-5-4-6-17-12(11)22-10-16-9-19-22/h4-10H,3H2,1-2H3,(H2,20,21,23)/t15-/m1/s1. The number of hydrogen-bond acceptors (Lipinski definition) is 6. The van der Waals surface area contributed by atoms with Crippen LogP contribution in [0.5, 0.6) is 0 Å². The summed E-state index contributed by atoms with van der Waals surface area (Å²) in [6.07, 6.45) is 7.02. The minimum Gasteiger partial charge on any atom is -0.326 e. The van der Waals surface area contributed by atoms with E-state index in [1.165, 1.54) is 28.7 Å². The molecule has 3 aromatic rings. The Morgan fingerprint density at radius 1 is 1.38 bits per heavy atom. The first-order valence-corrected chi connectivity index (χ1v) is 8.29. The van der Waals surface area contributed by atoms with E-state index >= 15 is 0 Å². The Labute approximate surface area is 143 Å². The lowest BCUT2D eigenvalue weighted by molar-refractivity contribution is 0.237. The van der Waals surface area contributed by atoms with Crippen LogP contribution in [0.15, 0.2) is 42.6 Å². The molecule has 3 aromatic heterocycles. The van der Waals surface area contributed by atoms with Gasteiger partial charge in [-0.05, 0) is 25.5 Å². The molecule has 1 atom stereocenters. The van der Waals surface area contributed by atoms with Crippen molar-refractivity contribution in [2.45, 2.75) is 25.8 Å². The Balaban J connectivity index is 1.79. The highest BCUT2D eigenvalue weighted by Crippen LogP contribution is 2.26. The Morgan fingerprint density at radius 3 is 2.92 bits per heavy atom. The molecule has 8 nitrogen and oxygen atoms in total. The van der Waals surface area contributed by atoms with Gasteiger partial charge in [0.25, 0.3) is 0 Å². The van der Waals surface area contributed by atoms with E-state index < -0.39 is 5.54 Å². The van der Waals surface area contributed by atoms with Crippen molar-refractivity contribution < 1.29 is 4.79 Å². The number of hydrogen-bond donors (Lipinski definition) is 2. The van der Waals surface area contributed by atoms with Gasteiger partial charge in [0.05, 0.1) is 11.2 Å². The molecule has 0 saturated heterocycles. The second-order valence-corrected chi connectivity index (χ2v) is 6.21. The minimum absolute atomic E-state index is 0.330.